The third-order valence-electron chi connectivity index (χ3n) is 4.32. The van der Waals surface area contributed by atoms with Crippen LogP contribution in [0, 0.1) is 13.8 Å². The van der Waals surface area contributed by atoms with Gasteiger partial charge >= 0.3 is 12.1 Å². The number of aromatic carboxylic acids is 1. The van der Waals surface area contributed by atoms with E-state index in [1.54, 1.807) is 22.8 Å². The molecule has 0 atom stereocenters. The number of aryl methyl sites for hydroxylation is 1. The Hall–Kier alpha value is -3.62. The Morgan fingerprint density at radius 2 is 1.93 bits per heavy atom. The molecule has 0 saturated carbocycles. The van der Waals surface area contributed by atoms with Crippen LogP contribution in [0.5, 0.6) is 0 Å². The number of alkyl halides is 3. The molecule has 0 bridgehead atoms. The van der Waals surface area contributed by atoms with Gasteiger partial charge in [-0.15, -0.1) is 0 Å². The smallest absolute Gasteiger partial charge is 0.417 e. The van der Waals surface area contributed by atoms with E-state index in [0.717, 1.165) is 29.2 Å². The molecule has 0 unspecified atom stereocenters. The number of carbonyl (C=O) groups is 1. The largest absolute Gasteiger partial charge is 0.478 e. The van der Waals surface area contributed by atoms with Gasteiger partial charge in [0.25, 0.3) is 0 Å². The molecule has 2 N–H and O–H groups in total. The first kappa shape index (κ1) is 20.1. The molecule has 0 aliphatic heterocycles. The summed E-state index contributed by atoms with van der Waals surface area (Å²) in [6.45, 7) is 3.66. The highest BCUT2D eigenvalue weighted by Crippen LogP contribution is 2.29. The lowest BCUT2D eigenvalue weighted by atomic mass is 10.1. The second kappa shape index (κ2) is 7.78. The lowest BCUT2D eigenvalue weighted by Gasteiger charge is -2.12. The zero-order chi connectivity index (χ0) is 21.2. The molecule has 0 saturated heterocycles. The Balaban J connectivity index is 1.83. The van der Waals surface area contributed by atoms with Gasteiger partial charge in [0, 0.05) is 23.1 Å². The number of carboxylic acid groups (broad SMARTS) is 1. The minimum atomic E-state index is -4.45. The van der Waals surface area contributed by atoms with Crippen molar-refractivity contribution >= 4 is 18.0 Å². The number of hydrogen-bond acceptors (Lipinski definition) is 4. The van der Waals surface area contributed by atoms with Crippen LogP contribution in [0.15, 0.2) is 53.8 Å². The van der Waals surface area contributed by atoms with E-state index < -0.39 is 17.7 Å². The van der Waals surface area contributed by atoms with Crippen molar-refractivity contribution < 1.29 is 23.1 Å². The molecule has 0 amide bonds. The Labute approximate surface area is 164 Å². The van der Waals surface area contributed by atoms with E-state index in [9.17, 15) is 23.1 Å². The van der Waals surface area contributed by atoms with Gasteiger partial charge in [-0.3, -0.25) is 5.43 Å². The van der Waals surface area contributed by atoms with Crippen LogP contribution in [-0.2, 0) is 6.18 Å². The second-order valence-electron chi connectivity index (χ2n) is 6.28. The number of carboxylic acids is 1. The van der Waals surface area contributed by atoms with Crippen LogP contribution in [0.1, 0.15) is 32.9 Å². The Kier molecular flexibility index (Phi) is 5.40. The normalized spacial score (nSPS) is 11.8. The standard InChI is InChI=1S/C20H17F3N4O2/c1-12-9-14(10-25-26-18-8-7-15(11-24-18)20(21,22)23)13(2)27(12)17-6-4-3-5-16(17)19(28)29/h3-11H,1-2H3,(H,24,26)(H,28,29)/b25-10+. The van der Waals surface area contributed by atoms with Crippen molar-refractivity contribution in [2.45, 2.75) is 20.0 Å². The molecule has 6 nitrogen and oxygen atoms in total. The van der Waals surface area contributed by atoms with Gasteiger partial charge in [0.05, 0.1) is 23.0 Å². The molecule has 150 valence electrons. The summed E-state index contributed by atoms with van der Waals surface area (Å²) in [6, 6.07) is 10.6. The van der Waals surface area contributed by atoms with Crippen molar-refractivity contribution in [2.24, 2.45) is 5.10 Å². The van der Waals surface area contributed by atoms with Gasteiger partial charge in [0.15, 0.2) is 0 Å². The van der Waals surface area contributed by atoms with E-state index in [4.69, 9.17) is 0 Å². The maximum atomic E-state index is 12.6. The van der Waals surface area contributed by atoms with Crippen LogP contribution in [0.3, 0.4) is 0 Å². The van der Waals surface area contributed by atoms with E-state index in [1.165, 1.54) is 18.3 Å². The molecule has 0 aliphatic rings. The van der Waals surface area contributed by atoms with Crippen LogP contribution in [0.25, 0.3) is 5.69 Å². The maximum Gasteiger partial charge on any atom is 0.417 e. The summed E-state index contributed by atoms with van der Waals surface area (Å²) in [5, 5.41) is 13.4. The number of nitrogens with one attached hydrogen (secondary N) is 1. The zero-order valence-electron chi connectivity index (χ0n) is 15.5. The summed E-state index contributed by atoms with van der Waals surface area (Å²) < 4.78 is 39.5. The van der Waals surface area contributed by atoms with Gasteiger partial charge in [-0.1, -0.05) is 12.1 Å². The lowest BCUT2D eigenvalue weighted by molar-refractivity contribution is -0.137. The average Bonchev–Trinajstić information content (AvgIpc) is 2.95. The Morgan fingerprint density at radius 1 is 1.21 bits per heavy atom. The fourth-order valence-corrected chi connectivity index (χ4v) is 2.93. The molecule has 2 aromatic heterocycles. The van der Waals surface area contributed by atoms with Crippen LogP contribution in [-0.4, -0.2) is 26.8 Å². The first-order chi connectivity index (χ1) is 13.7. The van der Waals surface area contributed by atoms with Crippen LogP contribution in [0.2, 0.25) is 0 Å². The van der Waals surface area contributed by atoms with Crippen LogP contribution < -0.4 is 5.43 Å². The minimum Gasteiger partial charge on any atom is -0.478 e. The van der Waals surface area contributed by atoms with E-state index in [0.29, 0.717) is 5.69 Å². The van der Waals surface area contributed by atoms with E-state index in [2.05, 4.69) is 15.5 Å². The second-order valence-corrected chi connectivity index (χ2v) is 6.28. The molecule has 0 aliphatic carbocycles. The topological polar surface area (TPSA) is 79.5 Å². The van der Waals surface area contributed by atoms with Gasteiger partial charge in [0.1, 0.15) is 5.82 Å². The molecule has 0 fully saturated rings. The molecule has 0 radical (unpaired) electrons. The first-order valence-corrected chi connectivity index (χ1v) is 8.52. The van der Waals surface area contributed by atoms with Crippen molar-refractivity contribution in [3.05, 3.63) is 76.7 Å². The summed E-state index contributed by atoms with van der Waals surface area (Å²) in [5.74, 6) is -0.863. The number of hydrogen-bond donors (Lipinski definition) is 2. The number of anilines is 1. The predicted molar refractivity (Wildman–Crippen MR) is 103 cm³/mol. The van der Waals surface area contributed by atoms with Gasteiger partial charge in [-0.05, 0) is 44.2 Å². The highest BCUT2D eigenvalue weighted by Gasteiger charge is 2.30. The molecule has 3 rings (SSSR count). The van der Waals surface area contributed by atoms with Gasteiger partial charge in [-0.2, -0.15) is 18.3 Å². The highest BCUT2D eigenvalue weighted by molar-refractivity contribution is 5.92. The fraction of sp³-hybridized carbons (Fsp3) is 0.150. The number of benzene rings is 1. The quantitative estimate of drug-likeness (QED) is 0.481. The Bertz CT molecular complexity index is 1070. The summed E-state index contributed by atoms with van der Waals surface area (Å²) in [6.07, 6.45) is -2.22. The summed E-state index contributed by atoms with van der Waals surface area (Å²) >= 11 is 0. The molecule has 1 aromatic carbocycles. The number of halogens is 3. The lowest BCUT2D eigenvalue weighted by Crippen LogP contribution is -2.07. The number of para-hydroxylation sites is 1. The number of hydrazone groups is 1. The number of pyridine rings is 1. The van der Waals surface area contributed by atoms with Crippen molar-refractivity contribution in [1.29, 1.82) is 0 Å². The third kappa shape index (κ3) is 4.29. The molecule has 0 spiro atoms. The SMILES string of the molecule is Cc1cc(/C=N/Nc2ccc(C(F)(F)F)cn2)c(C)n1-c1ccccc1C(=O)O. The van der Waals surface area contributed by atoms with Crippen LogP contribution in [0.4, 0.5) is 19.0 Å². The van der Waals surface area contributed by atoms with Crippen molar-refractivity contribution in [3.8, 4) is 5.69 Å². The van der Waals surface area contributed by atoms with E-state index >= 15 is 0 Å². The summed E-state index contributed by atoms with van der Waals surface area (Å²) in [4.78, 5) is 15.2. The average molecular weight is 402 g/mol. The third-order valence-corrected chi connectivity index (χ3v) is 4.32. The highest BCUT2D eigenvalue weighted by atomic mass is 19.4. The van der Waals surface area contributed by atoms with Crippen molar-refractivity contribution in [3.63, 3.8) is 0 Å². The van der Waals surface area contributed by atoms with Gasteiger partial charge in [-0.25, -0.2) is 9.78 Å². The van der Waals surface area contributed by atoms with E-state index in [-0.39, 0.29) is 11.4 Å². The molecule has 9 heteroatoms. The van der Waals surface area contributed by atoms with Gasteiger partial charge < -0.3 is 9.67 Å². The van der Waals surface area contributed by atoms with E-state index in [1.807, 2.05) is 19.9 Å². The Morgan fingerprint density at radius 3 is 2.55 bits per heavy atom. The number of aromatic nitrogens is 2. The minimum absolute atomic E-state index is 0.166. The fourth-order valence-electron chi connectivity index (χ4n) is 2.93. The van der Waals surface area contributed by atoms with Crippen molar-refractivity contribution in [2.75, 3.05) is 5.43 Å². The van der Waals surface area contributed by atoms with Crippen LogP contribution >= 0.6 is 0 Å². The van der Waals surface area contributed by atoms with Crippen molar-refractivity contribution in [1.82, 2.24) is 9.55 Å². The zero-order valence-corrected chi connectivity index (χ0v) is 15.5. The molecular weight excluding hydrogens is 385 g/mol. The summed E-state index contributed by atoms with van der Waals surface area (Å²) in [7, 11) is 0. The summed E-state index contributed by atoms with van der Waals surface area (Å²) in [5.41, 5.74) is 4.75. The predicted octanol–water partition coefficient (Wildman–Crippen LogP) is 4.65. The molecule has 29 heavy (non-hydrogen) atoms. The number of rotatable bonds is 5. The van der Waals surface area contributed by atoms with Gasteiger partial charge in [0.2, 0.25) is 0 Å². The number of nitrogens with zero attached hydrogens (tertiary/aromatic N) is 3. The molecular formula is C20H17F3N4O2. The molecule has 2 heterocycles. The maximum absolute atomic E-state index is 12.6. The first-order valence-electron chi connectivity index (χ1n) is 8.52. The monoisotopic (exact) mass is 402 g/mol. The molecule has 3 aromatic rings.